The Balaban J connectivity index is 1.43. The summed E-state index contributed by atoms with van der Waals surface area (Å²) in [5, 5.41) is 4.19. The van der Waals surface area contributed by atoms with Crippen molar-refractivity contribution < 1.29 is 9.13 Å². The minimum absolute atomic E-state index is 0.0509. The third kappa shape index (κ3) is 9.58. The smallest absolute Gasteiger partial charge is 0.354 e. The van der Waals surface area contributed by atoms with Crippen molar-refractivity contribution in [1.82, 2.24) is 19.9 Å². The van der Waals surface area contributed by atoms with E-state index < -0.39 is 11.5 Å². The Morgan fingerprint density at radius 2 is 2.02 bits per heavy atom. The SMILES string of the molecule is C=CC(CCN=C(N)CCOCC)NCc1ccc(-n2cc3cc(-c4cc(CCCC(C)N)cc(Cl)c4F)[nH]c3nc2=O)cc1. The van der Waals surface area contributed by atoms with Crippen molar-refractivity contribution in [3.63, 3.8) is 0 Å². The fraction of sp³-hybridized carbons (Fsp3) is 0.382. The molecule has 4 aromatic rings. The second kappa shape index (κ2) is 16.5. The molecule has 2 aromatic heterocycles. The summed E-state index contributed by atoms with van der Waals surface area (Å²) >= 11 is 6.25. The molecule has 4 rings (SSSR count). The lowest BCUT2D eigenvalue weighted by Gasteiger charge is -2.14. The third-order valence-corrected chi connectivity index (χ3v) is 7.82. The number of H-pyrrole nitrogens is 1. The summed E-state index contributed by atoms with van der Waals surface area (Å²) in [7, 11) is 0. The van der Waals surface area contributed by atoms with Gasteiger partial charge in [0.1, 0.15) is 5.65 Å². The van der Waals surface area contributed by atoms with E-state index in [0.29, 0.717) is 66.5 Å². The summed E-state index contributed by atoms with van der Waals surface area (Å²) in [6, 6.07) is 13.1. The van der Waals surface area contributed by atoms with Gasteiger partial charge in [0.15, 0.2) is 5.82 Å². The molecular weight excluding hydrogens is 593 g/mol. The molecule has 2 heterocycles. The summed E-state index contributed by atoms with van der Waals surface area (Å²) in [5.41, 5.74) is 15.2. The molecule has 6 N–H and O–H groups in total. The van der Waals surface area contributed by atoms with Crippen LogP contribution in [-0.2, 0) is 17.7 Å². The number of nitrogens with two attached hydrogens (primary N) is 2. The first-order chi connectivity index (χ1) is 21.7. The number of aromatic nitrogens is 3. The largest absolute Gasteiger partial charge is 0.387 e. The number of aryl methyl sites for hydroxylation is 1. The van der Waals surface area contributed by atoms with Gasteiger partial charge >= 0.3 is 5.69 Å². The number of rotatable bonds is 17. The molecule has 9 nitrogen and oxygen atoms in total. The first-order valence-corrected chi connectivity index (χ1v) is 15.7. The van der Waals surface area contributed by atoms with E-state index in [2.05, 4.69) is 26.9 Å². The van der Waals surface area contributed by atoms with Gasteiger partial charge in [0, 0.05) is 55.3 Å². The molecule has 11 heteroatoms. The molecular formula is C34H43ClFN7O2. The summed E-state index contributed by atoms with van der Waals surface area (Å²) < 4.78 is 21.9. The van der Waals surface area contributed by atoms with Crippen LogP contribution >= 0.6 is 11.6 Å². The average Bonchev–Trinajstić information content (AvgIpc) is 3.43. The first-order valence-electron chi connectivity index (χ1n) is 15.4. The van der Waals surface area contributed by atoms with Crippen molar-refractivity contribution in [2.45, 2.75) is 64.6 Å². The number of hydrogen-bond donors (Lipinski definition) is 4. The van der Waals surface area contributed by atoms with Gasteiger partial charge in [0.2, 0.25) is 0 Å². The highest BCUT2D eigenvalue weighted by Gasteiger charge is 2.16. The molecule has 0 saturated heterocycles. The maximum atomic E-state index is 15.1. The zero-order valence-electron chi connectivity index (χ0n) is 26.0. The van der Waals surface area contributed by atoms with E-state index in [0.717, 1.165) is 36.8 Å². The summed E-state index contributed by atoms with van der Waals surface area (Å²) in [6.07, 6.45) is 7.43. The van der Waals surface area contributed by atoms with Crippen molar-refractivity contribution in [1.29, 1.82) is 0 Å². The van der Waals surface area contributed by atoms with Gasteiger partial charge in [-0.1, -0.05) is 29.8 Å². The lowest BCUT2D eigenvalue weighted by molar-refractivity contribution is 0.155. The summed E-state index contributed by atoms with van der Waals surface area (Å²) in [6.45, 7) is 10.3. The van der Waals surface area contributed by atoms with E-state index in [1.807, 2.05) is 44.2 Å². The second-order valence-electron chi connectivity index (χ2n) is 11.2. The Hall–Kier alpha value is -3.83. The van der Waals surface area contributed by atoms with Gasteiger partial charge in [0.25, 0.3) is 0 Å². The van der Waals surface area contributed by atoms with Crippen molar-refractivity contribution in [3.05, 3.63) is 93.8 Å². The molecule has 0 spiro atoms. The summed E-state index contributed by atoms with van der Waals surface area (Å²) in [5.74, 6) is 0.0711. The van der Waals surface area contributed by atoms with E-state index in [1.165, 1.54) is 4.57 Å². The quantitative estimate of drug-likeness (QED) is 0.0511. The van der Waals surface area contributed by atoms with Crippen LogP contribution in [0.5, 0.6) is 0 Å². The van der Waals surface area contributed by atoms with E-state index in [1.54, 1.807) is 24.4 Å². The van der Waals surface area contributed by atoms with E-state index in [4.69, 9.17) is 27.8 Å². The fourth-order valence-corrected chi connectivity index (χ4v) is 5.25. The van der Waals surface area contributed by atoms with Crippen molar-refractivity contribution in [2.75, 3.05) is 19.8 Å². The standard InChI is InChI=1S/C34H43ClFN7O2/c1-4-26(13-15-39-31(38)14-16-45-5-2)40-20-23-9-11-27(12-10-23)43-21-25-19-30(41-33(25)42-34(43)44)28-17-24(8-6-7-22(3)37)18-29(35)32(28)36/h4,9-12,17-19,21-22,26,40H,1,5-8,13-16,20,37H2,2-3H3,(H2,38,39)(H,41,42,44). The Morgan fingerprint density at radius 3 is 2.73 bits per heavy atom. The zero-order valence-corrected chi connectivity index (χ0v) is 26.7. The number of fused-ring (bicyclic) bond motifs is 1. The fourth-order valence-electron chi connectivity index (χ4n) is 5.01. The van der Waals surface area contributed by atoms with E-state index >= 15 is 4.39 Å². The molecule has 0 saturated carbocycles. The Kier molecular flexibility index (Phi) is 12.5. The third-order valence-electron chi connectivity index (χ3n) is 7.54. The molecule has 0 aliphatic carbocycles. The minimum atomic E-state index is -0.522. The number of halogens is 2. The molecule has 45 heavy (non-hydrogen) atoms. The highest BCUT2D eigenvalue weighted by atomic mass is 35.5. The van der Waals surface area contributed by atoms with Gasteiger partial charge in [-0.2, -0.15) is 4.98 Å². The zero-order chi connectivity index (χ0) is 32.3. The Labute approximate surface area is 268 Å². The molecule has 0 radical (unpaired) electrons. The number of ether oxygens (including phenoxy) is 1. The number of nitrogens with one attached hydrogen (secondary N) is 2. The van der Waals surface area contributed by atoms with Crippen molar-refractivity contribution >= 4 is 28.5 Å². The van der Waals surface area contributed by atoms with Gasteiger partial charge < -0.3 is 26.5 Å². The topological polar surface area (TPSA) is 136 Å². The maximum absolute atomic E-state index is 15.1. The van der Waals surface area contributed by atoms with Crippen molar-refractivity contribution in [2.24, 2.45) is 16.5 Å². The number of benzene rings is 2. The van der Waals surface area contributed by atoms with Gasteiger partial charge in [-0.3, -0.25) is 9.56 Å². The normalized spacial score (nSPS) is 13.3. The highest BCUT2D eigenvalue weighted by Crippen LogP contribution is 2.31. The van der Waals surface area contributed by atoms with Crippen LogP contribution < -0.4 is 22.5 Å². The molecule has 2 aromatic carbocycles. The minimum Gasteiger partial charge on any atom is -0.387 e. The van der Waals surface area contributed by atoms with Crippen LogP contribution in [0.3, 0.4) is 0 Å². The van der Waals surface area contributed by atoms with E-state index in [9.17, 15) is 4.79 Å². The molecule has 2 atom stereocenters. The highest BCUT2D eigenvalue weighted by molar-refractivity contribution is 6.31. The van der Waals surface area contributed by atoms with Crippen LogP contribution in [0.4, 0.5) is 4.39 Å². The van der Waals surface area contributed by atoms with Crippen molar-refractivity contribution in [3.8, 4) is 16.9 Å². The molecule has 2 unspecified atom stereocenters. The molecule has 0 aliphatic rings. The molecule has 0 bridgehead atoms. The van der Waals surface area contributed by atoms with Gasteiger partial charge in [-0.15, -0.1) is 6.58 Å². The van der Waals surface area contributed by atoms with Crippen LogP contribution in [-0.4, -0.2) is 52.2 Å². The van der Waals surface area contributed by atoms with Gasteiger partial charge in [-0.05, 0) is 81.0 Å². The van der Waals surface area contributed by atoms with Crippen LogP contribution in [0, 0.1) is 5.82 Å². The molecule has 0 aliphatic heterocycles. The lowest BCUT2D eigenvalue weighted by atomic mass is 10.0. The Bertz CT molecular complexity index is 1660. The van der Waals surface area contributed by atoms with Crippen LogP contribution in [0.15, 0.2) is 71.1 Å². The first kappa shape index (κ1) is 34.1. The molecule has 0 amide bonds. The van der Waals surface area contributed by atoms with Crippen LogP contribution in [0.2, 0.25) is 5.02 Å². The average molecular weight is 636 g/mol. The monoisotopic (exact) mass is 635 g/mol. The van der Waals surface area contributed by atoms with Crippen LogP contribution in [0.25, 0.3) is 28.0 Å². The second-order valence-corrected chi connectivity index (χ2v) is 11.6. The number of nitrogens with zero attached hydrogens (tertiary/aromatic N) is 3. The maximum Gasteiger partial charge on any atom is 0.354 e. The van der Waals surface area contributed by atoms with E-state index in [-0.39, 0.29) is 17.1 Å². The van der Waals surface area contributed by atoms with Crippen LogP contribution in [0.1, 0.15) is 50.7 Å². The molecule has 240 valence electrons. The Morgan fingerprint density at radius 1 is 1.24 bits per heavy atom. The number of hydrogen-bond acceptors (Lipinski definition) is 6. The van der Waals surface area contributed by atoms with Gasteiger partial charge in [0.05, 0.1) is 28.8 Å². The lowest BCUT2D eigenvalue weighted by Crippen LogP contribution is -2.27. The molecule has 0 fully saturated rings. The number of aromatic amines is 1. The predicted octanol–water partition coefficient (Wildman–Crippen LogP) is 5.66. The number of amidine groups is 1. The van der Waals surface area contributed by atoms with Gasteiger partial charge in [-0.25, -0.2) is 9.18 Å². The summed E-state index contributed by atoms with van der Waals surface area (Å²) in [4.78, 5) is 24.7. The number of aliphatic imine (C=N–C) groups is 1. The predicted molar refractivity (Wildman–Crippen MR) is 182 cm³/mol.